The molecule has 1 aromatic heterocycles. The number of anilines is 1. The van der Waals surface area contributed by atoms with Crippen LogP contribution >= 0.6 is 0 Å². The molecular weight excluding hydrogens is 434 g/mol. The van der Waals surface area contributed by atoms with E-state index in [1.165, 1.54) is 5.39 Å². The first-order chi connectivity index (χ1) is 17.2. The molecule has 2 heterocycles. The van der Waals surface area contributed by atoms with Crippen LogP contribution in [0, 0.1) is 6.92 Å². The summed E-state index contributed by atoms with van der Waals surface area (Å²) in [6.07, 6.45) is 0.460. The number of amides is 1. The van der Waals surface area contributed by atoms with E-state index in [4.69, 9.17) is 9.72 Å². The zero-order chi connectivity index (χ0) is 23.8. The number of para-hydroxylation sites is 3. The Morgan fingerprint density at radius 3 is 2.60 bits per heavy atom. The molecule has 0 radical (unpaired) electrons. The van der Waals surface area contributed by atoms with Crippen LogP contribution in [0.2, 0.25) is 0 Å². The van der Waals surface area contributed by atoms with Crippen molar-refractivity contribution in [3.8, 4) is 5.75 Å². The second-order valence-electron chi connectivity index (χ2n) is 9.13. The molecule has 1 aliphatic rings. The van der Waals surface area contributed by atoms with E-state index in [0.29, 0.717) is 26.1 Å². The van der Waals surface area contributed by atoms with Crippen LogP contribution < -0.4 is 9.64 Å². The molecule has 1 atom stereocenters. The number of carbonyl (C=O) groups excluding carboxylic acids is 1. The lowest BCUT2D eigenvalue weighted by molar-refractivity contribution is -0.117. The van der Waals surface area contributed by atoms with Crippen LogP contribution in [-0.4, -0.2) is 28.6 Å². The van der Waals surface area contributed by atoms with Gasteiger partial charge in [-0.3, -0.25) is 4.79 Å². The number of ether oxygens (including phenoxy) is 1. The molecule has 0 bridgehead atoms. The number of benzene rings is 4. The first-order valence-electron chi connectivity index (χ1n) is 12.1. The topological polar surface area (TPSA) is 47.4 Å². The van der Waals surface area contributed by atoms with E-state index in [-0.39, 0.29) is 11.8 Å². The number of fused-ring (bicyclic) bond motifs is 2. The first-order valence-corrected chi connectivity index (χ1v) is 12.1. The fraction of sp³-hybridized carbons (Fsp3) is 0.200. The maximum absolute atomic E-state index is 13.0. The second-order valence-corrected chi connectivity index (χ2v) is 9.13. The summed E-state index contributed by atoms with van der Waals surface area (Å²) in [5.74, 6) is 2.02. The molecule has 0 spiro atoms. The zero-order valence-corrected chi connectivity index (χ0v) is 19.7. The summed E-state index contributed by atoms with van der Waals surface area (Å²) in [4.78, 5) is 19.9. The molecule has 1 fully saturated rings. The summed E-state index contributed by atoms with van der Waals surface area (Å²) in [5, 5.41) is 2.28. The van der Waals surface area contributed by atoms with Crippen molar-refractivity contribution in [2.24, 2.45) is 0 Å². The maximum atomic E-state index is 13.0. The molecular formula is C30H27N3O2. The van der Waals surface area contributed by atoms with Gasteiger partial charge in [0, 0.05) is 30.0 Å². The van der Waals surface area contributed by atoms with Gasteiger partial charge in [0.15, 0.2) is 0 Å². The smallest absolute Gasteiger partial charge is 0.227 e. The van der Waals surface area contributed by atoms with Crippen LogP contribution in [0.25, 0.3) is 21.8 Å². The third-order valence-electron chi connectivity index (χ3n) is 6.90. The highest BCUT2D eigenvalue weighted by atomic mass is 16.5. The monoisotopic (exact) mass is 461 g/mol. The van der Waals surface area contributed by atoms with Crippen molar-refractivity contribution in [2.75, 3.05) is 18.1 Å². The molecule has 4 aromatic carbocycles. The van der Waals surface area contributed by atoms with Crippen molar-refractivity contribution in [2.45, 2.75) is 25.8 Å². The van der Waals surface area contributed by atoms with Crippen molar-refractivity contribution in [3.63, 3.8) is 0 Å². The van der Waals surface area contributed by atoms with Crippen LogP contribution in [0.1, 0.15) is 23.7 Å². The number of imidazole rings is 1. The quantitative estimate of drug-likeness (QED) is 0.307. The Morgan fingerprint density at radius 2 is 1.69 bits per heavy atom. The third kappa shape index (κ3) is 3.93. The van der Waals surface area contributed by atoms with Gasteiger partial charge in [0.2, 0.25) is 5.91 Å². The molecule has 6 rings (SSSR count). The molecule has 5 heteroatoms. The Kier molecular flexibility index (Phi) is 5.45. The minimum Gasteiger partial charge on any atom is -0.491 e. The van der Waals surface area contributed by atoms with Gasteiger partial charge in [-0.05, 0) is 42.1 Å². The van der Waals surface area contributed by atoms with Crippen LogP contribution in [0.15, 0.2) is 91.0 Å². The number of aryl methyl sites for hydroxylation is 1. The highest BCUT2D eigenvalue weighted by Crippen LogP contribution is 2.34. The molecule has 35 heavy (non-hydrogen) atoms. The fourth-order valence-corrected chi connectivity index (χ4v) is 5.19. The average molecular weight is 462 g/mol. The van der Waals surface area contributed by atoms with Gasteiger partial charge in [-0.2, -0.15) is 0 Å². The van der Waals surface area contributed by atoms with Crippen LogP contribution in [0.4, 0.5) is 5.69 Å². The number of hydrogen-bond donors (Lipinski definition) is 0. The van der Waals surface area contributed by atoms with E-state index in [1.807, 2.05) is 65.6 Å². The van der Waals surface area contributed by atoms with Crippen LogP contribution in [-0.2, 0) is 11.3 Å². The Hall–Kier alpha value is -4.12. The average Bonchev–Trinajstić information content (AvgIpc) is 3.45. The summed E-state index contributed by atoms with van der Waals surface area (Å²) in [6.45, 7) is 3.87. The Labute approximate surface area is 204 Å². The van der Waals surface area contributed by atoms with Crippen molar-refractivity contribution in [1.29, 1.82) is 0 Å². The van der Waals surface area contributed by atoms with Gasteiger partial charge in [0.1, 0.15) is 18.2 Å². The number of aromatic nitrogens is 2. The zero-order valence-electron chi connectivity index (χ0n) is 19.7. The Bertz CT molecular complexity index is 1530. The summed E-state index contributed by atoms with van der Waals surface area (Å²) < 4.78 is 8.50. The van der Waals surface area contributed by atoms with Crippen molar-refractivity contribution < 1.29 is 9.53 Å². The summed E-state index contributed by atoms with van der Waals surface area (Å²) in [5.41, 5.74) is 4.13. The van der Waals surface area contributed by atoms with E-state index in [0.717, 1.165) is 39.2 Å². The van der Waals surface area contributed by atoms with Gasteiger partial charge in [0.05, 0.1) is 17.6 Å². The van der Waals surface area contributed by atoms with E-state index in [1.54, 1.807) is 0 Å². The molecule has 1 saturated heterocycles. The molecule has 0 saturated carbocycles. The first kappa shape index (κ1) is 21.4. The number of hydrogen-bond acceptors (Lipinski definition) is 3. The Morgan fingerprint density at radius 1 is 0.914 bits per heavy atom. The standard InChI is InChI=1S/C30H27N3O2/c1-21-9-2-6-14-26(21)33-20-23(19-29(33)34)30-31-25-13-5-7-15-27(25)32(30)17-18-35-28-16-8-11-22-10-3-4-12-24(22)28/h2-16,23H,17-20H2,1H3. The van der Waals surface area contributed by atoms with Crippen molar-refractivity contribution in [1.82, 2.24) is 9.55 Å². The number of rotatable bonds is 6. The minimum absolute atomic E-state index is 0.0343. The lowest BCUT2D eigenvalue weighted by Crippen LogP contribution is -2.25. The van der Waals surface area contributed by atoms with Gasteiger partial charge in [-0.1, -0.05) is 66.7 Å². The van der Waals surface area contributed by atoms with Gasteiger partial charge in [0.25, 0.3) is 0 Å². The van der Waals surface area contributed by atoms with Gasteiger partial charge >= 0.3 is 0 Å². The molecule has 1 unspecified atom stereocenters. The minimum atomic E-state index is 0.0343. The van der Waals surface area contributed by atoms with E-state index >= 15 is 0 Å². The van der Waals surface area contributed by atoms with E-state index in [2.05, 4.69) is 41.8 Å². The van der Waals surface area contributed by atoms with Gasteiger partial charge in [-0.15, -0.1) is 0 Å². The van der Waals surface area contributed by atoms with Gasteiger partial charge < -0.3 is 14.2 Å². The lowest BCUT2D eigenvalue weighted by atomic mass is 10.1. The van der Waals surface area contributed by atoms with E-state index in [9.17, 15) is 4.79 Å². The molecule has 5 nitrogen and oxygen atoms in total. The fourth-order valence-electron chi connectivity index (χ4n) is 5.19. The molecule has 0 aliphatic carbocycles. The van der Waals surface area contributed by atoms with Crippen LogP contribution in [0.5, 0.6) is 5.75 Å². The molecule has 5 aromatic rings. The molecule has 174 valence electrons. The third-order valence-corrected chi connectivity index (χ3v) is 6.90. The SMILES string of the molecule is Cc1ccccc1N1CC(c2nc3ccccc3n2CCOc2cccc3ccccc23)CC1=O. The molecule has 1 amide bonds. The second kappa shape index (κ2) is 8.91. The normalized spacial score (nSPS) is 15.9. The van der Waals surface area contributed by atoms with Crippen LogP contribution in [0.3, 0.4) is 0 Å². The van der Waals surface area contributed by atoms with Crippen molar-refractivity contribution in [3.05, 3.63) is 102 Å². The number of nitrogens with zero attached hydrogens (tertiary/aromatic N) is 3. The summed E-state index contributed by atoms with van der Waals surface area (Å²) in [7, 11) is 0. The summed E-state index contributed by atoms with van der Waals surface area (Å²) in [6, 6.07) is 30.7. The lowest BCUT2D eigenvalue weighted by Gasteiger charge is -2.19. The highest BCUT2D eigenvalue weighted by molar-refractivity contribution is 5.97. The number of carbonyl (C=O) groups is 1. The Balaban J connectivity index is 1.28. The molecule has 0 N–H and O–H groups in total. The van der Waals surface area contributed by atoms with Gasteiger partial charge in [-0.25, -0.2) is 4.98 Å². The predicted octanol–water partition coefficient (Wildman–Crippen LogP) is 6.10. The maximum Gasteiger partial charge on any atom is 0.227 e. The van der Waals surface area contributed by atoms with Crippen molar-refractivity contribution >= 4 is 33.4 Å². The predicted molar refractivity (Wildman–Crippen MR) is 140 cm³/mol. The summed E-state index contributed by atoms with van der Waals surface area (Å²) >= 11 is 0. The largest absolute Gasteiger partial charge is 0.491 e. The highest BCUT2D eigenvalue weighted by Gasteiger charge is 2.35. The molecule has 1 aliphatic heterocycles. The van der Waals surface area contributed by atoms with E-state index < -0.39 is 0 Å².